The van der Waals surface area contributed by atoms with E-state index in [1.54, 1.807) is 0 Å². The lowest BCUT2D eigenvalue weighted by Crippen LogP contribution is -2.44. The van der Waals surface area contributed by atoms with Crippen molar-refractivity contribution in [1.29, 1.82) is 5.26 Å². The molecule has 1 aromatic heterocycles. The van der Waals surface area contributed by atoms with Gasteiger partial charge in [0.2, 0.25) is 5.91 Å². The molecule has 1 fully saturated rings. The van der Waals surface area contributed by atoms with E-state index in [9.17, 15) is 4.79 Å². The fourth-order valence-corrected chi connectivity index (χ4v) is 4.27. The van der Waals surface area contributed by atoms with E-state index in [2.05, 4.69) is 22.5 Å². The highest BCUT2D eigenvalue weighted by atomic mass is 16.2. The van der Waals surface area contributed by atoms with E-state index < -0.39 is 0 Å². The van der Waals surface area contributed by atoms with Crippen molar-refractivity contribution in [3.8, 4) is 6.07 Å². The Hall–Kier alpha value is -3.39. The van der Waals surface area contributed by atoms with E-state index in [1.165, 1.54) is 5.69 Å². The Labute approximate surface area is 177 Å². The first-order chi connectivity index (χ1) is 14.7. The Morgan fingerprint density at radius 1 is 1.13 bits per heavy atom. The summed E-state index contributed by atoms with van der Waals surface area (Å²) < 4.78 is 2.16. The van der Waals surface area contributed by atoms with Crippen LogP contribution in [0.5, 0.6) is 0 Å². The normalized spacial score (nSPS) is 18.9. The van der Waals surface area contributed by atoms with Gasteiger partial charge in [0, 0.05) is 36.6 Å². The fraction of sp³-hybridized carbons (Fsp3) is 0.320. The number of benzene rings is 2. The van der Waals surface area contributed by atoms with Crippen molar-refractivity contribution in [2.75, 3.05) is 11.4 Å². The molecule has 0 unspecified atom stereocenters. The number of para-hydroxylation sites is 1. The van der Waals surface area contributed by atoms with Gasteiger partial charge in [0.15, 0.2) is 0 Å². The second-order valence-corrected chi connectivity index (χ2v) is 8.02. The molecule has 2 aromatic carbocycles. The molecule has 0 aliphatic carbocycles. The van der Waals surface area contributed by atoms with Crippen LogP contribution in [0.2, 0.25) is 0 Å². The van der Waals surface area contributed by atoms with Gasteiger partial charge in [-0.1, -0.05) is 37.3 Å². The van der Waals surface area contributed by atoms with Gasteiger partial charge in [-0.05, 0) is 55.0 Å². The maximum Gasteiger partial charge on any atom is 0.230 e. The molecule has 4 rings (SSSR count). The Balaban J connectivity index is 1.37. The predicted octanol–water partition coefficient (Wildman–Crippen LogP) is 4.42. The maximum absolute atomic E-state index is 12.9. The molecule has 30 heavy (non-hydrogen) atoms. The van der Waals surface area contributed by atoms with Crippen LogP contribution in [-0.2, 0) is 17.8 Å². The Kier molecular flexibility index (Phi) is 5.94. The molecule has 1 saturated heterocycles. The molecule has 5 nitrogen and oxygen atoms in total. The lowest BCUT2D eigenvalue weighted by Gasteiger charge is -2.36. The molecule has 3 aromatic rings. The van der Waals surface area contributed by atoms with Crippen LogP contribution in [0.4, 0.5) is 5.69 Å². The number of imidazole rings is 1. The Bertz CT molecular complexity index is 1030. The van der Waals surface area contributed by atoms with Crippen LogP contribution in [-0.4, -0.2) is 22.0 Å². The molecule has 1 aliphatic rings. The maximum atomic E-state index is 12.9. The van der Waals surface area contributed by atoms with Crippen molar-refractivity contribution in [2.24, 2.45) is 11.8 Å². The van der Waals surface area contributed by atoms with E-state index in [4.69, 9.17) is 5.26 Å². The van der Waals surface area contributed by atoms with Crippen molar-refractivity contribution in [3.05, 3.63) is 83.9 Å². The van der Waals surface area contributed by atoms with Gasteiger partial charge in [-0.3, -0.25) is 4.79 Å². The van der Waals surface area contributed by atoms with Crippen LogP contribution in [0.1, 0.15) is 36.6 Å². The predicted molar refractivity (Wildman–Crippen MR) is 117 cm³/mol. The van der Waals surface area contributed by atoms with Crippen LogP contribution >= 0.6 is 0 Å². The highest BCUT2D eigenvalue weighted by Gasteiger charge is 2.33. The molecule has 0 spiro atoms. The summed E-state index contributed by atoms with van der Waals surface area (Å²) in [4.78, 5) is 19.2. The first-order valence-corrected chi connectivity index (χ1v) is 10.5. The number of anilines is 1. The number of nitriles is 1. The number of amides is 1. The zero-order valence-electron chi connectivity index (χ0n) is 17.2. The highest BCUT2D eigenvalue weighted by Crippen LogP contribution is 2.31. The summed E-state index contributed by atoms with van der Waals surface area (Å²) >= 11 is 0. The van der Waals surface area contributed by atoms with Crippen LogP contribution in [0.25, 0.3) is 0 Å². The lowest BCUT2D eigenvalue weighted by atomic mass is 9.82. The van der Waals surface area contributed by atoms with Gasteiger partial charge in [-0.15, -0.1) is 0 Å². The van der Waals surface area contributed by atoms with Gasteiger partial charge in [0.25, 0.3) is 0 Å². The van der Waals surface area contributed by atoms with Crippen LogP contribution in [0.15, 0.2) is 67.1 Å². The lowest BCUT2D eigenvalue weighted by molar-refractivity contribution is -0.125. The number of hydrogen-bond donors (Lipinski definition) is 0. The quantitative estimate of drug-likeness (QED) is 0.617. The van der Waals surface area contributed by atoms with Crippen molar-refractivity contribution >= 4 is 11.6 Å². The summed E-state index contributed by atoms with van der Waals surface area (Å²) in [5.41, 5.74) is 4.00. The van der Waals surface area contributed by atoms with Gasteiger partial charge in [-0.2, -0.15) is 5.26 Å². The van der Waals surface area contributed by atoms with Crippen molar-refractivity contribution < 1.29 is 4.79 Å². The third kappa shape index (κ3) is 4.28. The monoisotopic (exact) mass is 398 g/mol. The minimum atomic E-state index is 0.0221. The summed E-state index contributed by atoms with van der Waals surface area (Å²) in [5.74, 6) is 0.633. The van der Waals surface area contributed by atoms with E-state index in [0.717, 1.165) is 43.6 Å². The molecule has 2 heterocycles. The molecular formula is C25H26N4O. The number of nitrogens with zero attached hydrogens (tertiary/aromatic N) is 4. The summed E-state index contributed by atoms with van der Waals surface area (Å²) in [7, 11) is 0. The SMILES string of the molecule is C[C@H]1C(=O)N(c2ccccc2)CC[C@H]1CCc1cncn1Cc1ccc(C#N)cc1. The van der Waals surface area contributed by atoms with Crippen molar-refractivity contribution in [3.63, 3.8) is 0 Å². The van der Waals surface area contributed by atoms with E-state index >= 15 is 0 Å². The molecule has 1 aliphatic heterocycles. The number of aryl methyl sites for hydroxylation is 1. The topological polar surface area (TPSA) is 61.9 Å². The average Bonchev–Trinajstić information content (AvgIpc) is 3.23. The zero-order chi connectivity index (χ0) is 20.9. The number of carbonyl (C=O) groups excluding carboxylic acids is 1. The number of aromatic nitrogens is 2. The smallest absolute Gasteiger partial charge is 0.230 e. The number of carbonyl (C=O) groups is 1. The summed E-state index contributed by atoms with van der Waals surface area (Å²) in [5, 5.41) is 8.95. The first kappa shape index (κ1) is 19.9. The first-order valence-electron chi connectivity index (χ1n) is 10.5. The van der Waals surface area contributed by atoms with Crippen LogP contribution in [0, 0.1) is 23.2 Å². The highest BCUT2D eigenvalue weighted by molar-refractivity contribution is 5.95. The number of hydrogen-bond acceptors (Lipinski definition) is 3. The fourth-order valence-electron chi connectivity index (χ4n) is 4.27. The number of piperidine rings is 1. The third-order valence-corrected chi connectivity index (χ3v) is 6.16. The van der Waals surface area contributed by atoms with Gasteiger partial charge in [0.05, 0.1) is 18.0 Å². The molecule has 1 amide bonds. The molecule has 152 valence electrons. The van der Waals surface area contributed by atoms with E-state index in [0.29, 0.717) is 11.5 Å². The van der Waals surface area contributed by atoms with Gasteiger partial charge in [0.1, 0.15) is 0 Å². The van der Waals surface area contributed by atoms with E-state index in [1.807, 2.05) is 72.0 Å². The molecule has 0 N–H and O–H groups in total. The molecule has 5 heteroatoms. The minimum Gasteiger partial charge on any atom is -0.330 e. The summed E-state index contributed by atoms with van der Waals surface area (Å²) in [6.45, 7) is 3.58. The van der Waals surface area contributed by atoms with E-state index in [-0.39, 0.29) is 11.8 Å². The van der Waals surface area contributed by atoms with Crippen LogP contribution < -0.4 is 4.90 Å². The molecule has 0 bridgehead atoms. The zero-order valence-corrected chi connectivity index (χ0v) is 17.2. The standard InChI is InChI=1S/C25H26N4O/c1-19-22(13-14-29(25(19)30)23-5-3-2-4-6-23)11-12-24-16-27-18-28(24)17-21-9-7-20(15-26)8-10-21/h2-10,16,18-19,22H,11-14,17H2,1H3/t19-,22-/m1/s1. The summed E-state index contributed by atoms with van der Waals surface area (Å²) in [6, 6.07) is 19.8. The van der Waals surface area contributed by atoms with Crippen molar-refractivity contribution in [1.82, 2.24) is 9.55 Å². The average molecular weight is 399 g/mol. The van der Waals surface area contributed by atoms with Gasteiger partial charge >= 0.3 is 0 Å². The second-order valence-electron chi connectivity index (χ2n) is 8.02. The molecule has 0 saturated carbocycles. The minimum absolute atomic E-state index is 0.0221. The Morgan fingerprint density at radius 2 is 1.90 bits per heavy atom. The van der Waals surface area contributed by atoms with Gasteiger partial charge < -0.3 is 9.47 Å². The van der Waals surface area contributed by atoms with Gasteiger partial charge in [-0.25, -0.2) is 4.98 Å². The van der Waals surface area contributed by atoms with Crippen LogP contribution in [0.3, 0.4) is 0 Å². The summed E-state index contributed by atoms with van der Waals surface area (Å²) in [6.07, 6.45) is 6.69. The second kappa shape index (κ2) is 8.96. The Morgan fingerprint density at radius 3 is 2.63 bits per heavy atom. The molecular weight excluding hydrogens is 372 g/mol. The third-order valence-electron chi connectivity index (χ3n) is 6.16. The largest absolute Gasteiger partial charge is 0.330 e. The molecule has 2 atom stereocenters. The van der Waals surface area contributed by atoms with Crippen molar-refractivity contribution in [2.45, 2.75) is 32.7 Å². The number of rotatable bonds is 6. The molecule has 0 radical (unpaired) electrons.